The number of rotatable bonds is 8. The first-order valence-corrected chi connectivity index (χ1v) is 13.6. The minimum absolute atomic E-state index is 0.00705. The number of Topliss-reactive ketones (excluding diaryl/α,β-unsaturated/α-hetero) is 1. The maximum atomic E-state index is 13.6. The van der Waals surface area contributed by atoms with Crippen LogP contribution >= 0.6 is 0 Å². The Balaban J connectivity index is 1.92. The van der Waals surface area contributed by atoms with Gasteiger partial charge in [-0.15, -0.1) is 0 Å². The molecular weight excluding hydrogens is 504 g/mol. The van der Waals surface area contributed by atoms with E-state index in [1.807, 2.05) is 81.4 Å². The number of carbonyl (C=O) groups excluding carboxylic acids is 2. The smallest absolute Gasteiger partial charge is 0.300 e. The number of hydrogen-bond acceptors (Lipinski definition) is 6. The second-order valence-electron chi connectivity index (χ2n) is 11.0. The monoisotopic (exact) mass is 542 g/mol. The summed E-state index contributed by atoms with van der Waals surface area (Å²) in [5.41, 5.74) is 3.62. The van der Waals surface area contributed by atoms with E-state index in [2.05, 4.69) is 20.8 Å². The van der Waals surface area contributed by atoms with Gasteiger partial charge in [-0.3, -0.25) is 14.5 Å². The second kappa shape index (κ2) is 11.5. The molecule has 1 fully saturated rings. The number of carbonyl (C=O) groups is 2. The summed E-state index contributed by atoms with van der Waals surface area (Å²) in [4.78, 5) is 30.7. The molecule has 3 aromatic carbocycles. The highest BCUT2D eigenvalue weighted by Gasteiger charge is 2.47. The van der Waals surface area contributed by atoms with Gasteiger partial charge in [-0.2, -0.15) is 0 Å². The molecule has 1 aliphatic rings. The van der Waals surface area contributed by atoms with Crippen molar-refractivity contribution >= 4 is 28.8 Å². The van der Waals surface area contributed by atoms with Crippen molar-refractivity contribution in [3.05, 3.63) is 89.0 Å². The van der Waals surface area contributed by atoms with E-state index in [1.165, 1.54) is 4.90 Å². The average molecular weight is 543 g/mol. The molecule has 1 N–H and O–H groups in total. The van der Waals surface area contributed by atoms with Crippen molar-refractivity contribution in [3.63, 3.8) is 0 Å². The zero-order valence-electron chi connectivity index (χ0n) is 24.3. The van der Waals surface area contributed by atoms with Gasteiger partial charge in [-0.25, -0.2) is 0 Å². The molecule has 40 heavy (non-hydrogen) atoms. The number of aliphatic hydroxyl groups excluding tert-OH is 1. The van der Waals surface area contributed by atoms with Crippen LogP contribution < -0.4 is 19.3 Å². The molecule has 0 radical (unpaired) electrons. The highest BCUT2D eigenvalue weighted by atomic mass is 16.5. The van der Waals surface area contributed by atoms with E-state index < -0.39 is 17.7 Å². The Morgan fingerprint density at radius 3 is 2.08 bits per heavy atom. The Morgan fingerprint density at radius 2 is 1.52 bits per heavy atom. The number of benzene rings is 3. The third-order valence-electron chi connectivity index (χ3n) is 7.00. The first-order valence-electron chi connectivity index (χ1n) is 13.6. The number of hydrogen-bond donors (Lipinski definition) is 1. The molecule has 4 rings (SSSR count). The molecule has 1 saturated heterocycles. The zero-order chi connectivity index (χ0) is 29.2. The minimum atomic E-state index is -0.835. The lowest BCUT2D eigenvalue weighted by atomic mass is 9.87. The Labute approximate surface area is 236 Å². The topological polar surface area (TPSA) is 79.3 Å². The van der Waals surface area contributed by atoms with E-state index in [-0.39, 0.29) is 16.7 Å². The van der Waals surface area contributed by atoms with Crippen LogP contribution in [-0.4, -0.2) is 44.1 Å². The molecule has 7 heteroatoms. The van der Waals surface area contributed by atoms with E-state index in [4.69, 9.17) is 9.47 Å². The summed E-state index contributed by atoms with van der Waals surface area (Å²) in [7, 11) is 3.89. The molecule has 1 atom stereocenters. The van der Waals surface area contributed by atoms with Crippen molar-refractivity contribution in [1.82, 2.24) is 0 Å². The summed E-state index contributed by atoms with van der Waals surface area (Å²) in [6, 6.07) is 19.5. The third kappa shape index (κ3) is 5.55. The van der Waals surface area contributed by atoms with E-state index in [1.54, 1.807) is 18.2 Å². The highest BCUT2D eigenvalue weighted by molar-refractivity contribution is 6.51. The van der Waals surface area contributed by atoms with Gasteiger partial charge in [0.2, 0.25) is 0 Å². The summed E-state index contributed by atoms with van der Waals surface area (Å²) in [5, 5.41) is 11.7. The van der Waals surface area contributed by atoms with Crippen molar-refractivity contribution in [2.45, 2.75) is 46.1 Å². The fourth-order valence-corrected chi connectivity index (χ4v) is 4.87. The first-order chi connectivity index (χ1) is 19.0. The Bertz CT molecular complexity index is 1420. The summed E-state index contributed by atoms with van der Waals surface area (Å²) < 4.78 is 11.4. The zero-order valence-corrected chi connectivity index (χ0v) is 24.3. The Morgan fingerprint density at radius 1 is 0.900 bits per heavy atom. The maximum absolute atomic E-state index is 13.6. The van der Waals surface area contributed by atoms with Gasteiger partial charge < -0.3 is 19.5 Å². The quantitative estimate of drug-likeness (QED) is 0.200. The molecule has 0 spiro atoms. The van der Waals surface area contributed by atoms with Gasteiger partial charge in [0, 0.05) is 31.5 Å². The lowest BCUT2D eigenvalue weighted by molar-refractivity contribution is -0.132. The molecule has 0 bridgehead atoms. The molecule has 1 heterocycles. The van der Waals surface area contributed by atoms with E-state index in [0.717, 1.165) is 11.3 Å². The van der Waals surface area contributed by atoms with Crippen LogP contribution in [0.3, 0.4) is 0 Å². The van der Waals surface area contributed by atoms with Crippen molar-refractivity contribution in [2.75, 3.05) is 37.1 Å². The normalized spacial score (nSPS) is 16.8. The predicted octanol–water partition coefficient (Wildman–Crippen LogP) is 6.47. The van der Waals surface area contributed by atoms with Crippen LogP contribution in [0.1, 0.15) is 57.4 Å². The van der Waals surface area contributed by atoms with Gasteiger partial charge >= 0.3 is 0 Å². The molecule has 3 aromatic rings. The van der Waals surface area contributed by atoms with Gasteiger partial charge in [0.05, 0.1) is 30.4 Å². The highest BCUT2D eigenvalue weighted by Crippen LogP contribution is 2.44. The number of nitrogens with zero attached hydrogens (tertiary/aromatic N) is 2. The fraction of sp³-hybridized carbons (Fsp3) is 0.333. The van der Waals surface area contributed by atoms with Crippen LogP contribution in [0.2, 0.25) is 0 Å². The lowest BCUT2D eigenvalue weighted by Crippen LogP contribution is -2.29. The Hall–Kier alpha value is -4.26. The van der Waals surface area contributed by atoms with Crippen LogP contribution in [0.25, 0.3) is 5.76 Å². The predicted molar refractivity (Wildman–Crippen MR) is 159 cm³/mol. The molecule has 1 aliphatic heterocycles. The van der Waals surface area contributed by atoms with Gasteiger partial charge in [0.1, 0.15) is 17.3 Å². The SMILES string of the molecule is CCOc1ccc(/C(O)=C2/C(=O)C(=O)N(c3ccc(C(C)(C)C)cc3)C2c2ccc(N(C)C)cc2)c(OCC)c1. The van der Waals surface area contributed by atoms with Crippen molar-refractivity contribution in [2.24, 2.45) is 0 Å². The van der Waals surface area contributed by atoms with E-state index >= 15 is 0 Å². The first kappa shape index (κ1) is 28.7. The molecule has 7 nitrogen and oxygen atoms in total. The summed E-state index contributed by atoms with van der Waals surface area (Å²) >= 11 is 0. The number of ether oxygens (including phenoxy) is 2. The van der Waals surface area contributed by atoms with Crippen LogP contribution in [0, 0.1) is 0 Å². The molecule has 0 aliphatic carbocycles. The van der Waals surface area contributed by atoms with Crippen molar-refractivity contribution < 1.29 is 24.2 Å². The molecule has 1 unspecified atom stereocenters. The Kier molecular flexibility index (Phi) is 8.24. The second-order valence-corrected chi connectivity index (χ2v) is 11.0. The summed E-state index contributed by atoms with van der Waals surface area (Å²) in [6.45, 7) is 10.9. The number of amides is 1. The van der Waals surface area contributed by atoms with Crippen LogP contribution in [0.4, 0.5) is 11.4 Å². The maximum Gasteiger partial charge on any atom is 0.300 e. The molecule has 210 valence electrons. The largest absolute Gasteiger partial charge is 0.507 e. The number of aliphatic hydroxyl groups is 1. The van der Waals surface area contributed by atoms with Crippen LogP contribution in [0.5, 0.6) is 11.5 Å². The lowest BCUT2D eigenvalue weighted by Gasteiger charge is -2.27. The fourth-order valence-electron chi connectivity index (χ4n) is 4.87. The number of anilines is 2. The van der Waals surface area contributed by atoms with Gasteiger partial charge in [0.25, 0.3) is 11.7 Å². The standard InChI is InChI=1S/C33H38N2O5/c1-8-39-25-18-19-26(27(20-25)40-9-2)30(36)28-29(21-10-14-23(15-11-21)34(6)7)35(32(38)31(28)37)24-16-12-22(13-17-24)33(3,4)5/h10-20,29,36H,8-9H2,1-7H3/b30-28-. The third-order valence-corrected chi connectivity index (χ3v) is 7.00. The van der Waals surface area contributed by atoms with Gasteiger partial charge in [0.15, 0.2) is 0 Å². The van der Waals surface area contributed by atoms with Gasteiger partial charge in [-0.1, -0.05) is 45.0 Å². The van der Waals surface area contributed by atoms with Crippen molar-refractivity contribution in [3.8, 4) is 11.5 Å². The van der Waals surface area contributed by atoms with Gasteiger partial charge in [-0.05, 0) is 66.8 Å². The van der Waals surface area contributed by atoms with Crippen LogP contribution in [0.15, 0.2) is 72.3 Å². The molecular formula is C33H38N2O5. The van der Waals surface area contributed by atoms with E-state index in [9.17, 15) is 14.7 Å². The average Bonchev–Trinajstić information content (AvgIpc) is 3.18. The molecule has 0 aromatic heterocycles. The molecule has 1 amide bonds. The molecule has 0 saturated carbocycles. The van der Waals surface area contributed by atoms with E-state index in [0.29, 0.717) is 41.5 Å². The van der Waals surface area contributed by atoms with Crippen LogP contribution in [-0.2, 0) is 15.0 Å². The number of ketones is 1. The van der Waals surface area contributed by atoms with Crippen molar-refractivity contribution in [1.29, 1.82) is 0 Å². The minimum Gasteiger partial charge on any atom is -0.507 e. The summed E-state index contributed by atoms with van der Waals surface area (Å²) in [6.07, 6.45) is 0. The summed E-state index contributed by atoms with van der Waals surface area (Å²) in [5.74, 6) is -0.794.